The second-order valence-corrected chi connectivity index (χ2v) is 6.01. The van der Waals surface area contributed by atoms with Crippen LogP contribution >= 0.6 is 23.7 Å². The fraction of sp³-hybridized carbons (Fsp3) is 0.571. The monoisotopic (exact) mass is 331 g/mol. The van der Waals surface area contributed by atoms with Gasteiger partial charge in [-0.25, -0.2) is 0 Å². The summed E-state index contributed by atoms with van der Waals surface area (Å²) in [7, 11) is 1.95. The van der Waals surface area contributed by atoms with E-state index in [1.54, 1.807) is 13.0 Å². The number of halogens is 1. The molecule has 2 rings (SSSR count). The first-order chi connectivity index (χ1) is 9.61. The van der Waals surface area contributed by atoms with E-state index in [2.05, 4.69) is 10.6 Å². The first-order valence-corrected chi connectivity index (χ1v) is 7.80. The number of nitrogens with zero attached hydrogens (tertiary/aromatic N) is 1. The molecule has 2 N–H and O–H groups in total. The van der Waals surface area contributed by atoms with E-state index in [1.807, 2.05) is 23.4 Å². The van der Waals surface area contributed by atoms with Crippen molar-refractivity contribution in [2.24, 2.45) is 0 Å². The van der Waals surface area contributed by atoms with Crippen LogP contribution in [0.25, 0.3) is 0 Å². The predicted molar refractivity (Wildman–Crippen MR) is 87.2 cm³/mol. The second kappa shape index (κ2) is 8.36. The minimum absolute atomic E-state index is 0. The van der Waals surface area contributed by atoms with Crippen molar-refractivity contribution in [1.82, 2.24) is 15.5 Å². The summed E-state index contributed by atoms with van der Waals surface area (Å²) < 4.78 is 0. The molecule has 1 fully saturated rings. The number of piperidine rings is 1. The normalized spacial score (nSPS) is 17.0. The highest BCUT2D eigenvalue weighted by atomic mass is 35.5. The van der Waals surface area contributed by atoms with E-state index >= 15 is 0 Å². The van der Waals surface area contributed by atoms with Crippen molar-refractivity contribution in [3.63, 3.8) is 0 Å². The molecular formula is C14H22ClN3O2S. The number of nitrogens with one attached hydrogen (secondary N) is 2. The average Bonchev–Trinajstić information content (AvgIpc) is 3.01. The van der Waals surface area contributed by atoms with Crippen LogP contribution in [0.4, 0.5) is 0 Å². The Balaban J connectivity index is 0.00000220. The molecule has 1 unspecified atom stereocenters. The maximum Gasteiger partial charge on any atom is 0.261 e. The zero-order valence-corrected chi connectivity index (χ0v) is 13.9. The van der Waals surface area contributed by atoms with Crippen LogP contribution in [-0.4, -0.2) is 48.9 Å². The second-order valence-electron chi connectivity index (χ2n) is 5.06. The van der Waals surface area contributed by atoms with Crippen LogP contribution in [0.2, 0.25) is 0 Å². The first-order valence-electron chi connectivity index (χ1n) is 6.92. The molecule has 0 bridgehead atoms. The van der Waals surface area contributed by atoms with Gasteiger partial charge >= 0.3 is 0 Å². The lowest BCUT2D eigenvalue weighted by Gasteiger charge is -2.33. The molecule has 118 valence electrons. The Hall–Kier alpha value is -1.11. The summed E-state index contributed by atoms with van der Waals surface area (Å²) in [6.07, 6.45) is 1.93. The van der Waals surface area contributed by atoms with Crippen LogP contribution < -0.4 is 10.6 Å². The van der Waals surface area contributed by atoms with Crippen molar-refractivity contribution in [3.8, 4) is 0 Å². The van der Waals surface area contributed by atoms with Crippen LogP contribution in [0, 0.1) is 0 Å². The lowest BCUT2D eigenvalue weighted by atomic mass is 10.0. The third kappa shape index (κ3) is 4.69. The van der Waals surface area contributed by atoms with Gasteiger partial charge in [0.15, 0.2) is 0 Å². The average molecular weight is 332 g/mol. The minimum Gasteiger partial charge on any atom is -0.341 e. The highest BCUT2D eigenvalue weighted by molar-refractivity contribution is 7.12. The molecule has 1 aromatic heterocycles. The topological polar surface area (TPSA) is 61.4 Å². The molecule has 0 radical (unpaired) electrons. The smallest absolute Gasteiger partial charge is 0.261 e. The fourth-order valence-corrected chi connectivity index (χ4v) is 3.03. The van der Waals surface area contributed by atoms with Gasteiger partial charge in [0.05, 0.1) is 4.88 Å². The number of thiophene rings is 1. The largest absolute Gasteiger partial charge is 0.341 e. The maximum atomic E-state index is 12.3. The van der Waals surface area contributed by atoms with Crippen LogP contribution in [0.1, 0.15) is 29.4 Å². The van der Waals surface area contributed by atoms with Crippen molar-refractivity contribution in [3.05, 3.63) is 22.4 Å². The number of carbonyl (C=O) groups excluding carboxylic acids is 2. The number of amides is 2. The lowest BCUT2D eigenvalue weighted by molar-refractivity contribution is -0.133. The lowest BCUT2D eigenvalue weighted by Crippen LogP contribution is -2.51. The molecule has 7 heteroatoms. The van der Waals surface area contributed by atoms with E-state index < -0.39 is 6.04 Å². The van der Waals surface area contributed by atoms with Gasteiger partial charge in [0.25, 0.3) is 5.91 Å². The van der Waals surface area contributed by atoms with Crippen LogP contribution in [0.5, 0.6) is 0 Å². The van der Waals surface area contributed by atoms with E-state index in [4.69, 9.17) is 0 Å². The van der Waals surface area contributed by atoms with Crippen LogP contribution in [-0.2, 0) is 4.79 Å². The van der Waals surface area contributed by atoms with Gasteiger partial charge in [0.2, 0.25) is 5.91 Å². The van der Waals surface area contributed by atoms with E-state index in [0.29, 0.717) is 10.9 Å². The van der Waals surface area contributed by atoms with Gasteiger partial charge in [0, 0.05) is 19.1 Å². The molecule has 1 atom stereocenters. The summed E-state index contributed by atoms with van der Waals surface area (Å²) in [5.74, 6) is -0.171. The van der Waals surface area contributed by atoms with Crippen molar-refractivity contribution >= 4 is 35.6 Å². The molecule has 21 heavy (non-hydrogen) atoms. The molecule has 0 spiro atoms. The number of likely N-dealkylation sites (tertiary alicyclic amines) is 1. The van der Waals surface area contributed by atoms with Crippen molar-refractivity contribution in [2.45, 2.75) is 31.8 Å². The van der Waals surface area contributed by atoms with Crippen LogP contribution in [0.3, 0.4) is 0 Å². The summed E-state index contributed by atoms with van der Waals surface area (Å²) in [6.45, 7) is 3.26. The highest BCUT2D eigenvalue weighted by Gasteiger charge is 2.26. The molecule has 1 aliphatic rings. The number of carbonyl (C=O) groups is 2. The summed E-state index contributed by atoms with van der Waals surface area (Å²) in [5.41, 5.74) is 0. The third-order valence-corrected chi connectivity index (χ3v) is 4.55. The van der Waals surface area contributed by atoms with E-state index in [-0.39, 0.29) is 24.2 Å². The Morgan fingerprint density at radius 1 is 1.38 bits per heavy atom. The van der Waals surface area contributed by atoms with E-state index in [1.165, 1.54) is 11.3 Å². The highest BCUT2D eigenvalue weighted by Crippen LogP contribution is 2.12. The molecule has 2 heterocycles. The van der Waals surface area contributed by atoms with Crippen molar-refractivity contribution in [1.29, 1.82) is 0 Å². The zero-order chi connectivity index (χ0) is 14.5. The Morgan fingerprint density at radius 2 is 2.05 bits per heavy atom. The van der Waals surface area contributed by atoms with Gasteiger partial charge in [-0.3, -0.25) is 9.59 Å². The SMILES string of the molecule is CNC1CCN(C(=O)C(C)NC(=O)c2cccs2)CC1.Cl. The molecule has 0 aliphatic carbocycles. The summed E-state index contributed by atoms with van der Waals surface area (Å²) in [6, 6.07) is 3.61. The summed E-state index contributed by atoms with van der Waals surface area (Å²) in [5, 5.41) is 7.86. The Bertz CT molecular complexity index is 459. The molecule has 1 aliphatic heterocycles. The molecule has 2 amide bonds. The molecule has 0 aromatic carbocycles. The Kier molecular flexibility index (Phi) is 7.14. The van der Waals surface area contributed by atoms with Gasteiger partial charge < -0.3 is 15.5 Å². The molecular weight excluding hydrogens is 310 g/mol. The van der Waals surface area contributed by atoms with Gasteiger partial charge in [-0.2, -0.15) is 0 Å². The van der Waals surface area contributed by atoms with Crippen molar-refractivity contribution in [2.75, 3.05) is 20.1 Å². The maximum absolute atomic E-state index is 12.3. The zero-order valence-electron chi connectivity index (χ0n) is 12.3. The summed E-state index contributed by atoms with van der Waals surface area (Å²) >= 11 is 1.38. The number of hydrogen-bond acceptors (Lipinski definition) is 4. The Labute approximate surface area is 135 Å². The van der Waals surface area contributed by atoms with Gasteiger partial charge in [0.1, 0.15) is 6.04 Å². The third-order valence-electron chi connectivity index (χ3n) is 3.68. The fourth-order valence-electron chi connectivity index (χ4n) is 2.40. The molecule has 1 saturated heterocycles. The van der Waals surface area contributed by atoms with Gasteiger partial charge in [-0.15, -0.1) is 23.7 Å². The van der Waals surface area contributed by atoms with Gasteiger partial charge in [-0.1, -0.05) is 6.07 Å². The molecule has 5 nitrogen and oxygen atoms in total. The predicted octanol–water partition coefficient (Wildman–Crippen LogP) is 1.50. The van der Waals surface area contributed by atoms with E-state index in [0.717, 1.165) is 25.9 Å². The minimum atomic E-state index is -0.476. The Morgan fingerprint density at radius 3 is 2.57 bits per heavy atom. The van der Waals surface area contributed by atoms with Crippen molar-refractivity contribution < 1.29 is 9.59 Å². The van der Waals surface area contributed by atoms with Crippen LogP contribution in [0.15, 0.2) is 17.5 Å². The number of rotatable bonds is 4. The summed E-state index contributed by atoms with van der Waals surface area (Å²) in [4.78, 5) is 26.7. The van der Waals surface area contributed by atoms with E-state index in [9.17, 15) is 9.59 Å². The quantitative estimate of drug-likeness (QED) is 0.879. The number of hydrogen-bond donors (Lipinski definition) is 2. The standard InChI is InChI=1S/C14H21N3O2S.ClH/c1-10(16-13(18)12-4-3-9-20-12)14(19)17-7-5-11(15-2)6-8-17;/h3-4,9-11,15H,5-8H2,1-2H3,(H,16,18);1H. The molecule has 0 saturated carbocycles. The first kappa shape index (κ1) is 17.9. The van der Waals surface area contributed by atoms with Gasteiger partial charge in [-0.05, 0) is 38.3 Å². The molecule has 1 aromatic rings.